The summed E-state index contributed by atoms with van der Waals surface area (Å²) in [5, 5.41) is 12.2. The fraction of sp³-hybridized carbons (Fsp3) is 0.250. The van der Waals surface area contributed by atoms with Gasteiger partial charge < -0.3 is 10.4 Å². The van der Waals surface area contributed by atoms with E-state index in [2.05, 4.69) is 10.3 Å². The lowest BCUT2D eigenvalue weighted by Gasteiger charge is -2.12. The summed E-state index contributed by atoms with van der Waals surface area (Å²) >= 11 is 0. The smallest absolute Gasteiger partial charge is 0.261 e. The Morgan fingerprint density at radius 3 is 3.08 bits per heavy atom. The third-order valence-electron chi connectivity index (χ3n) is 2.01. The maximum Gasteiger partial charge on any atom is 0.261 e. The van der Waals surface area contributed by atoms with Crippen LogP contribution in [0.4, 0.5) is 5.82 Å². The van der Waals surface area contributed by atoms with Crippen LogP contribution < -0.4 is 5.32 Å². The number of pyridine rings is 1. The molecule has 0 saturated heterocycles. The number of nitrogens with zero attached hydrogens (tertiary/aromatic N) is 1. The number of carbonyl (C=O) groups excluding carboxylic acids is 1. The molecule has 62 valence electrons. The summed E-state index contributed by atoms with van der Waals surface area (Å²) in [5.41, 5.74) is -0.890. The van der Waals surface area contributed by atoms with Crippen LogP contribution in [0.2, 0.25) is 0 Å². The lowest BCUT2D eigenvalue weighted by atomic mass is 10.0. The Hall–Kier alpha value is -1.42. The lowest BCUT2D eigenvalue weighted by molar-refractivity contribution is -0.131. The largest absolute Gasteiger partial charge is 0.375 e. The van der Waals surface area contributed by atoms with E-state index in [1.54, 1.807) is 18.3 Å². The van der Waals surface area contributed by atoms with Gasteiger partial charge in [-0.2, -0.15) is 0 Å². The fourth-order valence-electron chi connectivity index (χ4n) is 1.25. The highest BCUT2D eigenvalue weighted by Gasteiger charge is 2.41. The molecule has 1 aromatic heterocycles. The summed E-state index contributed by atoms with van der Waals surface area (Å²) < 4.78 is 0. The minimum absolute atomic E-state index is 0.420. The number of nitrogens with one attached hydrogen (secondary N) is 1. The van der Waals surface area contributed by atoms with Crippen LogP contribution >= 0.6 is 0 Å². The zero-order chi connectivity index (χ0) is 8.77. The summed E-state index contributed by atoms with van der Waals surface area (Å²) in [5.74, 6) is 0.0312. The molecule has 2 heterocycles. The molecule has 0 bridgehead atoms. The highest BCUT2D eigenvalue weighted by Crippen LogP contribution is 2.32. The third kappa shape index (κ3) is 0.753. The van der Waals surface area contributed by atoms with Crippen molar-refractivity contribution in [3.05, 3.63) is 23.9 Å². The second-order valence-electron chi connectivity index (χ2n) is 2.93. The number of aliphatic hydroxyl groups is 1. The number of anilines is 1. The Kier molecular flexibility index (Phi) is 1.23. The molecule has 0 spiro atoms. The molecule has 1 amide bonds. The van der Waals surface area contributed by atoms with Crippen molar-refractivity contribution in [2.75, 3.05) is 5.32 Å². The van der Waals surface area contributed by atoms with Crippen molar-refractivity contribution in [1.29, 1.82) is 0 Å². The number of amides is 1. The summed E-state index contributed by atoms with van der Waals surface area (Å²) in [6, 6.07) is 3.37. The van der Waals surface area contributed by atoms with E-state index in [1.165, 1.54) is 6.92 Å². The standard InChI is InChI=1S/C8H8N2O2/c1-8(12)5-3-2-4-9-6(5)10-7(8)11/h2-4,12H,1H3,(H,9,10,11)/t8-/m1/s1. The van der Waals surface area contributed by atoms with Crippen molar-refractivity contribution >= 4 is 11.7 Å². The van der Waals surface area contributed by atoms with Crippen LogP contribution in [0.3, 0.4) is 0 Å². The number of aromatic nitrogens is 1. The SMILES string of the molecule is C[C@]1(O)C(=O)Nc2ncccc21. The Bertz CT molecular complexity index is 347. The number of rotatable bonds is 0. The van der Waals surface area contributed by atoms with E-state index in [1.807, 2.05) is 0 Å². The van der Waals surface area contributed by atoms with Crippen LogP contribution in [0, 0.1) is 0 Å². The molecule has 0 radical (unpaired) electrons. The molecule has 0 unspecified atom stereocenters. The van der Waals surface area contributed by atoms with Gasteiger partial charge in [0.2, 0.25) is 0 Å². The molecule has 0 aliphatic carbocycles. The fourth-order valence-corrected chi connectivity index (χ4v) is 1.25. The Morgan fingerprint density at radius 1 is 1.67 bits per heavy atom. The molecular formula is C8H8N2O2. The summed E-state index contributed by atoms with van der Waals surface area (Å²) in [6.45, 7) is 1.45. The zero-order valence-corrected chi connectivity index (χ0v) is 6.53. The maximum atomic E-state index is 11.2. The van der Waals surface area contributed by atoms with Gasteiger partial charge in [-0.05, 0) is 13.0 Å². The van der Waals surface area contributed by atoms with Gasteiger partial charge in [-0.3, -0.25) is 4.79 Å². The minimum Gasteiger partial charge on any atom is -0.375 e. The van der Waals surface area contributed by atoms with Gasteiger partial charge in [0.15, 0.2) is 5.60 Å². The van der Waals surface area contributed by atoms with Crippen molar-refractivity contribution in [3.8, 4) is 0 Å². The first-order valence-corrected chi connectivity index (χ1v) is 3.61. The van der Waals surface area contributed by atoms with Gasteiger partial charge in [-0.25, -0.2) is 4.98 Å². The molecule has 1 atom stereocenters. The molecule has 2 N–H and O–H groups in total. The number of hydrogen-bond donors (Lipinski definition) is 2. The van der Waals surface area contributed by atoms with Gasteiger partial charge in [-0.15, -0.1) is 0 Å². The van der Waals surface area contributed by atoms with Crippen molar-refractivity contribution in [1.82, 2.24) is 4.98 Å². The predicted molar refractivity (Wildman–Crippen MR) is 42.4 cm³/mol. The van der Waals surface area contributed by atoms with E-state index in [4.69, 9.17) is 0 Å². The van der Waals surface area contributed by atoms with Gasteiger partial charge in [0.05, 0.1) is 0 Å². The Labute approximate surface area is 69.2 Å². The van der Waals surface area contributed by atoms with Gasteiger partial charge in [0, 0.05) is 11.8 Å². The van der Waals surface area contributed by atoms with Crippen LogP contribution in [-0.4, -0.2) is 16.0 Å². The van der Waals surface area contributed by atoms with Crippen molar-refractivity contribution < 1.29 is 9.90 Å². The van der Waals surface area contributed by atoms with Crippen LogP contribution in [-0.2, 0) is 10.4 Å². The average Bonchev–Trinajstić information content (AvgIpc) is 2.25. The highest BCUT2D eigenvalue weighted by atomic mass is 16.3. The highest BCUT2D eigenvalue weighted by molar-refractivity contribution is 6.03. The summed E-state index contributed by atoms with van der Waals surface area (Å²) in [7, 11) is 0. The van der Waals surface area contributed by atoms with E-state index in [0.717, 1.165) is 0 Å². The second kappa shape index (κ2) is 2.04. The number of fused-ring (bicyclic) bond motifs is 1. The monoisotopic (exact) mass is 164 g/mol. The third-order valence-corrected chi connectivity index (χ3v) is 2.01. The molecule has 2 rings (SSSR count). The van der Waals surface area contributed by atoms with Crippen molar-refractivity contribution in [2.24, 2.45) is 0 Å². The maximum absolute atomic E-state index is 11.2. The molecule has 4 heteroatoms. The van der Waals surface area contributed by atoms with E-state index in [-0.39, 0.29) is 0 Å². The van der Waals surface area contributed by atoms with Crippen molar-refractivity contribution in [3.63, 3.8) is 0 Å². The molecule has 0 saturated carbocycles. The first-order valence-electron chi connectivity index (χ1n) is 3.61. The Balaban J connectivity index is 2.63. The lowest BCUT2D eigenvalue weighted by Crippen LogP contribution is -2.30. The molecule has 1 aromatic rings. The van der Waals surface area contributed by atoms with Crippen LogP contribution in [0.15, 0.2) is 18.3 Å². The molecular weight excluding hydrogens is 156 g/mol. The van der Waals surface area contributed by atoms with Gasteiger partial charge in [0.25, 0.3) is 5.91 Å². The summed E-state index contributed by atoms with van der Waals surface area (Å²) in [4.78, 5) is 15.1. The first kappa shape index (κ1) is 7.24. The van der Waals surface area contributed by atoms with E-state index in [9.17, 15) is 9.90 Å². The molecule has 12 heavy (non-hydrogen) atoms. The number of carbonyl (C=O) groups is 1. The van der Waals surface area contributed by atoms with Gasteiger partial charge in [-0.1, -0.05) is 6.07 Å². The van der Waals surface area contributed by atoms with Crippen LogP contribution in [0.25, 0.3) is 0 Å². The molecule has 0 fully saturated rings. The second-order valence-corrected chi connectivity index (χ2v) is 2.93. The zero-order valence-electron chi connectivity index (χ0n) is 6.53. The topological polar surface area (TPSA) is 62.2 Å². The molecule has 1 aliphatic rings. The first-order chi connectivity index (χ1) is 5.62. The van der Waals surface area contributed by atoms with E-state index >= 15 is 0 Å². The Morgan fingerprint density at radius 2 is 2.42 bits per heavy atom. The van der Waals surface area contributed by atoms with Gasteiger partial charge >= 0.3 is 0 Å². The van der Waals surface area contributed by atoms with Crippen LogP contribution in [0.5, 0.6) is 0 Å². The number of hydrogen-bond acceptors (Lipinski definition) is 3. The van der Waals surface area contributed by atoms with Crippen LogP contribution in [0.1, 0.15) is 12.5 Å². The molecule has 0 aromatic carbocycles. The molecule has 4 nitrogen and oxygen atoms in total. The van der Waals surface area contributed by atoms with Crippen molar-refractivity contribution in [2.45, 2.75) is 12.5 Å². The predicted octanol–water partition coefficient (Wildman–Crippen LogP) is 0.241. The van der Waals surface area contributed by atoms with E-state index in [0.29, 0.717) is 11.4 Å². The average molecular weight is 164 g/mol. The normalized spacial score (nSPS) is 26.7. The molecule has 1 aliphatic heterocycles. The van der Waals surface area contributed by atoms with E-state index < -0.39 is 11.5 Å². The summed E-state index contributed by atoms with van der Waals surface area (Å²) in [6.07, 6.45) is 1.57. The van der Waals surface area contributed by atoms with Gasteiger partial charge in [0.1, 0.15) is 5.82 Å². The minimum atomic E-state index is -1.43. The quantitative estimate of drug-likeness (QED) is 0.577.